The maximum atomic E-state index is 12.3. The van der Waals surface area contributed by atoms with Crippen LogP contribution in [0.15, 0.2) is 29.2 Å². The van der Waals surface area contributed by atoms with Crippen LogP contribution in [0.25, 0.3) is 0 Å². The van der Waals surface area contributed by atoms with E-state index in [0.717, 1.165) is 17.2 Å². The van der Waals surface area contributed by atoms with Crippen LogP contribution in [0, 0.1) is 18.8 Å². The molecular weight excluding hydrogens is 244 g/mol. The van der Waals surface area contributed by atoms with E-state index in [1.165, 1.54) is 24.8 Å². The van der Waals surface area contributed by atoms with Crippen LogP contribution in [0.2, 0.25) is 0 Å². The van der Waals surface area contributed by atoms with Gasteiger partial charge in [-0.2, -0.15) is 0 Å². The molecule has 0 spiro atoms. The summed E-state index contributed by atoms with van der Waals surface area (Å²) in [5.41, 5.74) is 1.01. The molecule has 3 aliphatic carbocycles. The molecule has 2 bridgehead atoms. The number of aryl methyl sites for hydroxylation is 1. The molecule has 0 heterocycles. The zero-order chi connectivity index (χ0) is 12.8. The van der Waals surface area contributed by atoms with Crippen molar-refractivity contribution in [3.63, 3.8) is 0 Å². The normalized spacial score (nSPS) is 35.9. The predicted octanol–water partition coefficient (Wildman–Crippen LogP) is 3.61. The van der Waals surface area contributed by atoms with Gasteiger partial charge in [0.1, 0.15) is 0 Å². The van der Waals surface area contributed by atoms with Gasteiger partial charge in [-0.05, 0) is 63.5 Å². The summed E-state index contributed by atoms with van der Waals surface area (Å²) in [6.45, 7) is 4.17. The molecule has 0 saturated heterocycles. The molecular formula is C15H20O2S. The van der Waals surface area contributed by atoms with Crippen molar-refractivity contribution < 1.29 is 8.39 Å². The van der Waals surface area contributed by atoms with Crippen molar-refractivity contribution in [1.29, 1.82) is 0 Å². The highest BCUT2D eigenvalue weighted by Gasteiger charge is 2.49. The van der Waals surface area contributed by atoms with E-state index >= 15 is 0 Å². The van der Waals surface area contributed by atoms with E-state index in [1.807, 2.05) is 31.2 Å². The zero-order valence-corrected chi connectivity index (χ0v) is 11.8. The van der Waals surface area contributed by atoms with E-state index in [4.69, 9.17) is 4.18 Å². The van der Waals surface area contributed by atoms with Crippen molar-refractivity contribution in [3.8, 4) is 0 Å². The molecule has 98 valence electrons. The lowest BCUT2D eigenvalue weighted by molar-refractivity contribution is -0.0805. The Hall–Kier alpha value is -0.670. The minimum Gasteiger partial charge on any atom is -0.280 e. The second-order valence-corrected chi connectivity index (χ2v) is 7.12. The Morgan fingerprint density at radius 2 is 1.94 bits per heavy atom. The van der Waals surface area contributed by atoms with Gasteiger partial charge in [0.25, 0.3) is 0 Å². The lowest BCUT2D eigenvalue weighted by Gasteiger charge is -2.52. The van der Waals surface area contributed by atoms with Crippen molar-refractivity contribution in [1.82, 2.24) is 0 Å². The molecule has 1 aromatic rings. The van der Waals surface area contributed by atoms with Crippen molar-refractivity contribution in [2.24, 2.45) is 11.8 Å². The number of hydrogen-bond acceptors (Lipinski definition) is 2. The second-order valence-electron chi connectivity index (χ2n) is 6.02. The Bertz CT molecular complexity index is 459. The van der Waals surface area contributed by atoms with Crippen LogP contribution in [0.3, 0.4) is 0 Å². The molecule has 18 heavy (non-hydrogen) atoms. The zero-order valence-electron chi connectivity index (χ0n) is 11.0. The summed E-state index contributed by atoms with van der Waals surface area (Å²) in [5, 5.41) is 0. The first kappa shape index (κ1) is 12.4. The lowest BCUT2D eigenvalue weighted by atomic mass is 9.58. The molecule has 3 saturated carbocycles. The Labute approximate surface area is 111 Å². The molecule has 1 aromatic carbocycles. The minimum absolute atomic E-state index is 0.176. The van der Waals surface area contributed by atoms with E-state index in [-0.39, 0.29) is 5.60 Å². The average Bonchev–Trinajstić information content (AvgIpc) is 2.27. The van der Waals surface area contributed by atoms with E-state index in [9.17, 15) is 4.21 Å². The highest BCUT2D eigenvalue weighted by Crippen LogP contribution is 2.53. The van der Waals surface area contributed by atoms with Gasteiger partial charge in [-0.1, -0.05) is 17.7 Å². The molecule has 3 fully saturated rings. The third-order valence-electron chi connectivity index (χ3n) is 4.63. The highest BCUT2D eigenvalue weighted by molar-refractivity contribution is 7.80. The fourth-order valence-corrected chi connectivity index (χ4v) is 4.16. The van der Waals surface area contributed by atoms with Crippen molar-refractivity contribution in [2.75, 3.05) is 0 Å². The van der Waals surface area contributed by atoms with Crippen LogP contribution in [0.5, 0.6) is 0 Å². The van der Waals surface area contributed by atoms with Crippen LogP contribution in [0.4, 0.5) is 0 Å². The van der Waals surface area contributed by atoms with Crippen LogP contribution in [0.1, 0.15) is 38.2 Å². The van der Waals surface area contributed by atoms with Gasteiger partial charge in [-0.15, -0.1) is 0 Å². The van der Waals surface area contributed by atoms with Crippen molar-refractivity contribution >= 4 is 11.1 Å². The van der Waals surface area contributed by atoms with Gasteiger partial charge < -0.3 is 0 Å². The van der Waals surface area contributed by atoms with Gasteiger partial charge >= 0.3 is 0 Å². The van der Waals surface area contributed by atoms with Gasteiger partial charge in [0.15, 0.2) is 11.1 Å². The van der Waals surface area contributed by atoms with Crippen molar-refractivity contribution in [2.45, 2.75) is 50.0 Å². The monoisotopic (exact) mass is 264 g/mol. The van der Waals surface area contributed by atoms with E-state index < -0.39 is 11.1 Å². The Kier molecular flexibility index (Phi) is 3.07. The van der Waals surface area contributed by atoms with Crippen LogP contribution in [-0.4, -0.2) is 9.81 Å². The summed E-state index contributed by atoms with van der Waals surface area (Å²) in [7, 11) is 0. The molecule has 0 radical (unpaired) electrons. The summed E-state index contributed by atoms with van der Waals surface area (Å²) in [6, 6.07) is 7.78. The Balaban J connectivity index is 1.72. The van der Waals surface area contributed by atoms with Crippen LogP contribution in [-0.2, 0) is 15.3 Å². The molecule has 4 rings (SSSR count). The number of rotatable bonds is 3. The average molecular weight is 264 g/mol. The third-order valence-corrected chi connectivity index (χ3v) is 5.82. The first-order chi connectivity index (χ1) is 8.57. The predicted molar refractivity (Wildman–Crippen MR) is 72.5 cm³/mol. The molecule has 1 unspecified atom stereocenters. The number of hydrogen-bond donors (Lipinski definition) is 0. The van der Waals surface area contributed by atoms with Gasteiger partial charge in [-0.3, -0.25) is 4.18 Å². The SMILES string of the molecule is Cc1ccc(S(=O)O[C@@]2(C)CCC3CC2C3)cc1. The number of benzene rings is 1. The molecule has 0 N–H and O–H groups in total. The van der Waals surface area contributed by atoms with Gasteiger partial charge in [0.2, 0.25) is 0 Å². The largest absolute Gasteiger partial charge is 0.280 e. The summed E-state index contributed by atoms with van der Waals surface area (Å²) in [4.78, 5) is 0.781. The van der Waals surface area contributed by atoms with Gasteiger partial charge in [0.05, 0.1) is 10.5 Å². The topological polar surface area (TPSA) is 26.3 Å². The molecule has 0 amide bonds. The third kappa shape index (κ3) is 2.14. The van der Waals surface area contributed by atoms with E-state index in [2.05, 4.69) is 6.92 Å². The summed E-state index contributed by atoms with van der Waals surface area (Å²) >= 11 is -1.32. The first-order valence-corrected chi connectivity index (χ1v) is 7.82. The summed E-state index contributed by atoms with van der Waals surface area (Å²) in [6.07, 6.45) is 4.82. The quantitative estimate of drug-likeness (QED) is 0.833. The minimum atomic E-state index is -1.32. The maximum absolute atomic E-state index is 12.3. The smallest absolute Gasteiger partial charge is 0.189 e. The molecule has 0 aliphatic heterocycles. The molecule has 0 aromatic heterocycles. The second kappa shape index (κ2) is 4.46. The van der Waals surface area contributed by atoms with Crippen LogP contribution < -0.4 is 0 Å². The van der Waals surface area contributed by atoms with Gasteiger partial charge in [0, 0.05) is 0 Å². The lowest BCUT2D eigenvalue weighted by Crippen LogP contribution is -2.50. The standard InChI is InChI=1S/C15H20O2S/c1-11-3-5-14(6-4-11)18(16)17-15(2)8-7-12-9-13(15)10-12/h3-6,12-13H,7-10H2,1-2H3/t12?,13?,15-,18?/m0/s1. The van der Waals surface area contributed by atoms with Crippen molar-refractivity contribution in [3.05, 3.63) is 29.8 Å². The number of fused-ring (bicyclic) bond motifs is 2. The van der Waals surface area contributed by atoms with E-state index in [1.54, 1.807) is 0 Å². The highest BCUT2D eigenvalue weighted by atomic mass is 32.2. The fourth-order valence-electron chi connectivity index (χ4n) is 3.14. The molecule has 3 aliphatic rings. The molecule has 2 nitrogen and oxygen atoms in total. The Morgan fingerprint density at radius 3 is 2.50 bits per heavy atom. The molecule has 3 heteroatoms. The summed E-state index contributed by atoms with van der Waals surface area (Å²) in [5.74, 6) is 1.53. The maximum Gasteiger partial charge on any atom is 0.189 e. The van der Waals surface area contributed by atoms with Crippen LogP contribution >= 0.6 is 0 Å². The Morgan fingerprint density at radius 1 is 1.28 bits per heavy atom. The van der Waals surface area contributed by atoms with E-state index in [0.29, 0.717) is 5.92 Å². The molecule has 2 atom stereocenters. The fraction of sp³-hybridized carbons (Fsp3) is 0.600. The van der Waals surface area contributed by atoms with Gasteiger partial charge in [-0.25, -0.2) is 4.21 Å². The first-order valence-electron chi connectivity index (χ1n) is 6.75. The summed E-state index contributed by atoms with van der Waals surface area (Å²) < 4.78 is 18.2.